The van der Waals surface area contributed by atoms with E-state index in [2.05, 4.69) is 5.32 Å². The van der Waals surface area contributed by atoms with Gasteiger partial charge in [-0.2, -0.15) is 0 Å². The van der Waals surface area contributed by atoms with Crippen molar-refractivity contribution in [1.82, 2.24) is 10.2 Å². The first-order valence-electron chi connectivity index (χ1n) is 9.40. The zero-order valence-corrected chi connectivity index (χ0v) is 18.0. The van der Waals surface area contributed by atoms with Crippen molar-refractivity contribution < 1.29 is 33.0 Å². The standard InChI is InChI=1S/C21H16ClFN2O6S/c22-14-9-13(23)2-4-15(14)29-10-19(26)24-5-6-25-20(27)18(32-21(25)28)8-12-1-3-16-17(7-12)31-11-30-16/h1-4,7-9H,5-6,10-11H2,(H,24,26)/b18-8-. The summed E-state index contributed by atoms with van der Waals surface area (Å²) >= 11 is 6.66. The quantitative estimate of drug-likeness (QED) is 0.609. The second-order valence-corrected chi connectivity index (χ2v) is 8.06. The van der Waals surface area contributed by atoms with Crippen molar-refractivity contribution in [2.45, 2.75) is 0 Å². The molecule has 2 aliphatic rings. The summed E-state index contributed by atoms with van der Waals surface area (Å²) in [6, 6.07) is 8.77. The molecular formula is C21H16ClFN2O6S. The summed E-state index contributed by atoms with van der Waals surface area (Å²) in [5.41, 5.74) is 0.699. The second-order valence-electron chi connectivity index (χ2n) is 6.66. The highest BCUT2D eigenvalue weighted by Gasteiger charge is 2.34. The molecule has 1 fully saturated rings. The Hall–Kier alpha value is -3.24. The first kappa shape index (κ1) is 22.0. The summed E-state index contributed by atoms with van der Waals surface area (Å²) in [5.74, 6) is -0.0737. The van der Waals surface area contributed by atoms with E-state index in [-0.39, 0.29) is 42.2 Å². The van der Waals surface area contributed by atoms with E-state index in [4.69, 9.17) is 25.8 Å². The molecule has 0 saturated carbocycles. The lowest BCUT2D eigenvalue weighted by atomic mass is 10.2. The molecule has 1 N–H and O–H groups in total. The molecule has 32 heavy (non-hydrogen) atoms. The Balaban J connectivity index is 1.27. The van der Waals surface area contributed by atoms with Crippen LogP contribution in [0, 0.1) is 5.82 Å². The van der Waals surface area contributed by atoms with Crippen LogP contribution in [0.15, 0.2) is 41.3 Å². The van der Waals surface area contributed by atoms with E-state index in [0.717, 1.165) is 28.8 Å². The van der Waals surface area contributed by atoms with Crippen molar-refractivity contribution in [2.24, 2.45) is 0 Å². The average Bonchev–Trinajstić information content (AvgIpc) is 3.32. The smallest absolute Gasteiger partial charge is 0.293 e. The number of ether oxygens (including phenoxy) is 3. The van der Waals surface area contributed by atoms with E-state index in [1.54, 1.807) is 24.3 Å². The SMILES string of the molecule is O=C(COc1ccc(F)cc1Cl)NCCN1C(=O)S/C(=C\c2ccc3c(c2)OCO3)C1=O. The van der Waals surface area contributed by atoms with Crippen LogP contribution < -0.4 is 19.5 Å². The summed E-state index contributed by atoms with van der Waals surface area (Å²) in [7, 11) is 0. The van der Waals surface area contributed by atoms with Crippen LogP contribution in [0.2, 0.25) is 5.02 Å². The Bertz CT molecular complexity index is 1130. The fourth-order valence-electron chi connectivity index (χ4n) is 2.94. The zero-order chi connectivity index (χ0) is 22.7. The van der Waals surface area contributed by atoms with Gasteiger partial charge in [0, 0.05) is 13.1 Å². The lowest BCUT2D eigenvalue weighted by Gasteiger charge is -2.13. The molecule has 0 aliphatic carbocycles. The van der Waals surface area contributed by atoms with Gasteiger partial charge in [-0.05, 0) is 53.7 Å². The summed E-state index contributed by atoms with van der Waals surface area (Å²) in [5, 5.41) is 2.18. The first-order chi connectivity index (χ1) is 15.4. The molecule has 0 radical (unpaired) electrons. The highest BCUT2D eigenvalue weighted by Crippen LogP contribution is 2.36. The fraction of sp³-hybridized carbons (Fsp3) is 0.190. The van der Waals surface area contributed by atoms with Crippen molar-refractivity contribution in [3.63, 3.8) is 0 Å². The molecule has 0 bridgehead atoms. The van der Waals surface area contributed by atoms with Gasteiger partial charge in [0.05, 0.1) is 9.93 Å². The number of rotatable bonds is 7. The molecule has 2 heterocycles. The zero-order valence-electron chi connectivity index (χ0n) is 16.4. The first-order valence-corrected chi connectivity index (χ1v) is 10.6. The van der Waals surface area contributed by atoms with Gasteiger partial charge in [-0.3, -0.25) is 19.3 Å². The number of nitrogens with zero attached hydrogens (tertiary/aromatic N) is 1. The number of thioether (sulfide) groups is 1. The molecule has 2 aliphatic heterocycles. The minimum absolute atomic E-state index is 0.00614. The van der Waals surface area contributed by atoms with E-state index < -0.39 is 22.9 Å². The van der Waals surface area contributed by atoms with E-state index in [0.29, 0.717) is 17.1 Å². The Morgan fingerprint density at radius 1 is 1.22 bits per heavy atom. The number of imide groups is 1. The van der Waals surface area contributed by atoms with Crippen molar-refractivity contribution in [3.05, 3.63) is 57.7 Å². The van der Waals surface area contributed by atoms with Crippen molar-refractivity contribution in [3.8, 4) is 17.2 Å². The van der Waals surface area contributed by atoms with Gasteiger partial charge in [0.1, 0.15) is 11.6 Å². The third kappa shape index (κ3) is 4.97. The molecule has 1 saturated heterocycles. The minimum Gasteiger partial charge on any atom is -0.482 e. The second kappa shape index (κ2) is 9.49. The molecular weight excluding hydrogens is 463 g/mol. The summed E-state index contributed by atoms with van der Waals surface area (Å²) in [4.78, 5) is 38.1. The number of nitrogens with one attached hydrogen (secondary N) is 1. The Morgan fingerprint density at radius 3 is 2.84 bits per heavy atom. The average molecular weight is 479 g/mol. The Kier molecular flexibility index (Phi) is 6.52. The lowest BCUT2D eigenvalue weighted by Crippen LogP contribution is -2.38. The van der Waals surface area contributed by atoms with Gasteiger partial charge in [0.15, 0.2) is 18.1 Å². The molecule has 2 aromatic carbocycles. The van der Waals surface area contributed by atoms with Crippen molar-refractivity contribution >= 4 is 46.5 Å². The van der Waals surface area contributed by atoms with Gasteiger partial charge >= 0.3 is 0 Å². The normalized spacial score (nSPS) is 16.1. The number of halogens is 2. The number of hydrogen-bond donors (Lipinski definition) is 1. The molecule has 0 atom stereocenters. The predicted molar refractivity (Wildman–Crippen MR) is 115 cm³/mol. The van der Waals surface area contributed by atoms with Crippen LogP contribution in [0.5, 0.6) is 17.2 Å². The summed E-state index contributed by atoms with van der Waals surface area (Å²) < 4.78 is 28.8. The molecule has 11 heteroatoms. The molecule has 8 nitrogen and oxygen atoms in total. The number of benzene rings is 2. The van der Waals surface area contributed by atoms with Crippen LogP contribution in [0.4, 0.5) is 9.18 Å². The van der Waals surface area contributed by atoms with Gasteiger partial charge in [0.25, 0.3) is 17.1 Å². The molecule has 0 spiro atoms. The summed E-state index contributed by atoms with van der Waals surface area (Å²) in [6.45, 7) is -0.152. The summed E-state index contributed by atoms with van der Waals surface area (Å²) in [6.07, 6.45) is 1.60. The highest BCUT2D eigenvalue weighted by molar-refractivity contribution is 8.18. The third-order valence-corrected chi connectivity index (χ3v) is 5.68. The monoisotopic (exact) mass is 478 g/mol. The maximum Gasteiger partial charge on any atom is 0.293 e. The third-order valence-electron chi connectivity index (χ3n) is 4.48. The van der Waals surface area contributed by atoms with Crippen molar-refractivity contribution in [1.29, 1.82) is 0 Å². The fourth-order valence-corrected chi connectivity index (χ4v) is 4.03. The van der Waals surface area contributed by atoms with Crippen LogP contribution in [-0.4, -0.2) is 48.4 Å². The van der Waals surface area contributed by atoms with Crippen molar-refractivity contribution in [2.75, 3.05) is 26.5 Å². The van der Waals surface area contributed by atoms with Gasteiger partial charge in [-0.15, -0.1) is 0 Å². The Labute approximate surface area is 191 Å². The van der Waals surface area contributed by atoms with Crippen LogP contribution >= 0.6 is 23.4 Å². The van der Waals surface area contributed by atoms with E-state index >= 15 is 0 Å². The molecule has 2 aromatic rings. The number of fused-ring (bicyclic) bond motifs is 1. The van der Waals surface area contributed by atoms with Crippen LogP contribution in [0.3, 0.4) is 0 Å². The molecule has 0 aromatic heterocycles. The van der Waals surface area contributed by atoms with Gasteiger partial charge in [0.2, 0.25) is 6.79 Å². The predicted octanol–water partition coefficient (Wildman–Crippen LogP) is 3.44. The molecule has 166 valence electrons. The topological polar surface area (TPSA) is 94.2 Å². The maximum absolute atomic E-state index is 13.0. The highest BCUT2D eigenvalue weighted by atomic mass is 35.5. The van der Waals surface area contributed by atoms with E-state index in [9.17, 15) is 18.8 Å². The molecule has 4 rings (SSSR count). The van der Waals surface area contributed by atoms with E-state index in [1.807, 2.05) is 0 Å². The molecule has 3 amide bonds. The Morgan fingerprint density at radius 2 is 2.03 bits per heavy atom. The number of hydrogen-bond acceptors (Lipinski definition) is 7. The van der Waals surface area contributed by atoms with Gasteiger partial charge in [-0.25, -0.2) is 4.39 Å². The van der Waals surface area contributed by atoms with E-state index in [1.165, 1.54) is 6.07 Å². The lowest BCUT2D eigenvalue weighted by molar-refractivity contribution is -0.125. The number of carbonyl (C=O) groups excluding carboxylic acids is 3. The number of amides is 3. The van der Waals surface area contributed by atoms with Crippen LogP contribution in [0.25, 0.3) is 6.08 Å². The largest absolute Gasteiger partial charge is 0.482 e. The molecule has 0 unspecified atom stereocenters. The van der Waals surface area contributed by atoms with Crippen LogP contribution in [-0.2, 0) is 9.59 Å². The van der Waals surface area contributed by atoms with Crippen LogP contribution in [0.1, 0.15) is 5.56 Å². The van der Waals surface area contributed by atoms with Gasteiger partial charge in [-0.1, -0.05) is 17.7 Å². The minimum atomic E-state index is -0.517. The maximum atomic E-state index is 13.0. The number of carbonyl (C=O) groups is 3. The van der Waals surface area contributed by atoms with Gasteiger partial charge < -0.3 is 19.5 Å².